The number of hydrogen-bond donors (Lipinski definition) is 0. The molecule has 530 valence electrons. The number of hydrogen-bond acceptors (Lipinski definition) is 10. The summed E-state index contributed by atoms with van der Waals surface area (Å²) in [6, 6.07) is 102. The van der Waals surface area contributed by atoms with Crippen LogP contribution in [0.25, 0.3) is 76.2 Å². The molecule has 0 aliphatic carbocycles. The summed E-state index contributed by atoms with van der Waals surface area (Å²) in [6.45, 7) is 8.70. The maximum atomic E-state index is 14.0. The first-order valence-electron chi connectivity index (χ1n) is 35.3. The summed E-state index contributed by atoms with van der Waals surface area (Å²) in [5.41, 5.74) is 3.95. The lowest BCUT2D eigenvalue weighted by molar-refractivity contribution is 0.0296. The van der Waals surface area contributed by atoms with Gasteiger partial charge in [0.15, 0.2) is 0 Å². The number of likely N-dealkylation sites (tertiary alicyclic amines) is 1. The molecule has 4 atom stereocenters. The molecule has 0 bridgehead atoms. The molecular weight excluding hydrogens is 1390 g/mol. The predicted molar refractivity (Wildman–Crippen MR) is 444 cm³/mol. The topological polar surface area (TPSA) is 111 Å². The second kappa shape index (κ2) is 31.2. The molecule has 1 fully saturated rings. The number of carbonyl (C=O) groups is 1. The smallest absolute Gasteiger partial charge is 0.453 e. The van der Waals surface area contributed by atoms with Crippen LogP contribution in [0.1, 0.15) is 26.3 Å². The molecule has 11 nitrogen and oxygen atoms in total. The number of fused-ring (bicyclic) bond motifs is 9. The molecule has 1 aromatic heterocycles. The number of ether oxygens (including phenoxy) is 6. The fourth-order valence-electron chi connectivity index (χ4n) is 14.7. The van der Waals surface area contributed by atoms with E-state index < -0.39 is 37.6 Å². The van der Waals surface area contributed by atoms with Crippen molar-refractivity contribution in [2.75, 3.05) is 48.6 Å². The largest absolute Gasteiger partial charge is 0.496 e. The highest BCUT2D eigenvalue weighted by atomic mass is 31.1. The predicted octanol–water partition coefficient (Wildman–Crippen LogP) is 20.8. The van der Waals surface area contributed by atoms with Gasteiger partial charge in [0.25, 0.3) is 0 Å². The Bertz CT molecular complexity index is 5550. The van der Waals surface area contributed by atoms with Gasteiger partial charge in [0.2, 0.25) is 0 Å². The molecule has 0 saturated carbocycles. The lowest BCUT2D eigenvalue weighted by Gasteiger charge is -2.36. The van der Waals surface area contributed by atoms with Crippen LogP contribution in [0, 0.1) is 6.92 Å². The van der Waals surface area contributed by atoms with Crippen molar-refractivity contribution in [1.82, 2.24) is 4.90 Å². The van der Waals surface area contributed by atoms with Gasteiger partial charge >= 0.3 is 14.3 Å². The van der Waals surface area contributed by atoms with Gasteiger partial charge in [0.05, 0.1) is 46.2 Å². The van der Waals surface area contributed by atoms with Crippen LogP contribution in [0.15, 0.2) is 300 Å². The standard InChI is InChI=1S/C52H34O3P2.C39H47NO7P2/c1-3-19-39(20-4-1)56(40-21-5-2-6-22-40)48-34-30-38-18-10-14-26-44(38)52(48)51-43-25-13-9-17-37(43)29-33-47(51)55-57-53-45-31-27-35-15-7-11-23-41(35)49(45)50-42-24-12-8-16-36(42)28-32-46(50)54-57;1-26-20-30(43-6)36(31(21-26)44-7)48(28-16-12-10-13-17-28)34-24-40(38(41)47-39(2,3)4)25-35(34)49(29-18-14-11-15-19-29)37-32(45-8)22-27(42-5)23-33(37)46-9/h1-34H;10-23,34-35H,24-25H2,1-9H3/t;34-,35-,48?,49?/m.1/s1. The third-order valence-corrected chi connectivity index (χ3v) is 29.0. The van der Waals surface area contributed by atoms with Gasteiger partial charge in [-0.1, -0.05) is 249 Å². The third-order valence-electron chi connectivity index (χ3n) is 19.3. The minimum absolute atomic E-state index is 0.0433. The molecule has 0 radical (unpaired) electrons. The Labute approximate surface area is 623 Å². The van der Waals surface area contributed by atoms with Crippen LogP contribution in [0.4, 0.5) is 4.79 Å². The van der Waals surface area contributed by atoms with Crippen LogP contribution in [-0.4, -0.2) is 76.6 Å². The molecule has 1 aliphatic rings. The fourth-order valence-corrected chi connectivity index (χ4v) is 25.2. The Morgan fingerprint density at radius 2 is 0.774 bits per heavy atom. The normalized spacial score (nSPS) is 14.2. The zero-order valence-electron chi connectivity index (χ0n) is 60.6. The summed E-state index contributed by atoms with van der Waals surface area (Å²) < 4.78 is 57.1. The maximum absolute atomic E-state index is 14.0. The highest BCUT2D eigenvalue weighted by molar-refractivity contribution is 7.80. The first-order chi connectivity index (χ1) is 51.8. The van der Waals surface area contributed by atoms with E-state index in [2.05, 4.69) is 267 Å². The van der Waals surface area contributed by atoms with Crippen molar-refractivity contribution < 1.29 is 46.1 Å². The SMILES string of the molecule is COc1cc(OC)c(P(c2ccccc2)[C@@H]2CN(C(=O)OC(C)(C)C)C[C@H]2P(c2ccccc2)c2c(OC)cc(C)cc2OC)c(OC)c1.c1ccc(P(c2ccccc2)c2ccc3ccccc3c2-c2c(Op3oc4ccc5ccccc5c4c4c(ccc5ccccc54)o3)ccc3ccccc23)cc1. The van der Waals surface area contributed by atoms with Gasteiger partial charge in [-0.15, -0.1) is 0 Å². The Kier molecular flexibility index (Phi) is 20.9. The second-order valence-corrected chi connectivity index (χ2v) is 34.9. The molecule has 0 N–H and O–H groups in total. The van der Waals surface area contributed by atoms with Gasteiger partial charge in [-0.05, 0) is 157 Å². The van der Waals surface area contributed by atoms with Gasteiger partial charge in [0.1, 0.15) is 51.3 Å². The van der Waals surface area contributed by atoms with E-state index in [0.29, 0.717) is 36.1 Å². The van der Waals surface area contributed by atoms with E-state index >= 15 is 0 Å². The van der Waals surface area contributed by atoms with Crippen molar-refractivity contribution in [2.24, 2.45) is 0 Å². The first kappa shape index (κ1) is 71.0. The first-order valence-corrected chi connectivity index (χ1v) is 40.6. The molecule has 2 unspecified atom stereocenters. The molecule has 1 aliphatic heterocycles. The number of carbonyl (C=O) groups excluding carboxylic acids is 1. The van der Waals surface area contributed by atoms with E-state index in [4.69, 9.17) is 41.3 Å². The van der Waals surface area contributed by atoms with Crippen molar-refractivity contribution in [3.8, 4) is 45.6 Å². The van der Waals surface area contributed by atoms with Gasteiger partial charge in [-0.25, -0.2) is 4.79 Å². The average molecular weight is 1470 g/mol. The molecule has 2 heterocycles. The number of nitrogens with zero attached hydrogens (tertiary/aromatic N) is 1. The number of benzene rings is 14. The van der Waals surface area contributed by atoms with Crippen LogP contribution in [0.2, 0.25) is 0 Å². The van der Waals surface area contributed by atoms with Gasteiger partial charge in [0, 0.05) is 58.4 Å². The van der Waals surface area contributed by atoms with Crippen LogP contribution >= 0.6 is 32.0 Å². The highest BCUT2D eigenvalue weighted by Gasteiger charge is 2.49. The number of methoxy groups -OCH3 is 5. The van der Waals surface area contributed by atoms with Crippen molar-refractivity contribution in [1.29, 1.82) is 0 Å². The fraction of sp³-hybridized carbons (Fsp3) is 0.154. The molecule has 14 aromatic carbocycles. The number of rotatable bonds is 17. The summed E-state index contributed by atoms with van der Waals surface area (Å²) >= 11 is 0. The summed E-state index contributed by atoms with van der Waals surface area (Å²) in [4.78, 5) is 15.8. The van der Waals surface area contributed by atoms with E-state index in [1.54, 1.807) is 35.5 Å². The lowest BCUT2D eigenvalue weighted by Crippen LogP contribution is -2.36. The van der Waals surface area contributed by atoms with Crippen molar-refractivity contribution in [3.05, 3.63) is 297 Å². The molecule has 106 heavy (non-hydrogen) atoms. The number of amides is 1. The number of aryl methyl sites for hydroxylation is 1. The molecule has 1 amide bonds. The van der Waals surface area contributed by atoms with Gasteiger partial charge in [-0.2, -0.15) is 0 Å². The Hall–Kier alpha value is -10.6. The van der Waals surface area contributed by atoms with Crippen molar-refractivity contribution >= 4 is 140 Å². The summed E-state index contributed by atoms with van der Waals surface area (Å²) in [7, 11) is 3.06. The summed E-state index contributed by atoms with van der Waals surface area (Å²) in [5, 5.41) is 19.2. The summed E-state index contributed by atoms with van der Waals surface area (Å²) in [5.74, 6) is 4.24. The molecule has 16 rings (SSSR count). The van der Waals surface area contributed by atoms with Crippen LogP contribution in [0.3, 0.4) is 0 Å². The zero-order valence-corrected chi connectivity index (χ0v) is 64.2. The van der Waals surface area contributed by atoms with E-state index in [9.17, 15) is 4.79 Å². The van der Waals surface area contributed by atoms with Crippen LogP contribution < -0.4 is 65.3 Å². The maximum Gasteiger partial charge on any atom is 0.453 e. The monoisotopic (exact) mass is 1470 g/mol. The minimum Gasteiger partial charge on any atom is -0.496 e. The molecule has 15 heteroatoms. The lowest BCUT2D eigenvalue weighted by atomic mass is 9.93. The zero-order chi connectivity index (χ0) is 73.0. The van der Waals surface area contributed by atoms with E-state index in [0.717, 1.165) is 104 Å². The van der Waals surface area contributed by atoms with Crippen molar-refractivity contribution in [2.45, 2.75) is 44.6 Å². The minimum atomic E-state index is -1.97. The molecule has 15 aromatic rings. The van der Waals surface area contributed by atoms with E-state index in [1.165, 1.54) is 26.7 Å². The van der Waals surface area contributed by atoms with E-state index in [1.807, 2.05) is 56.9 Å². The highest BCUT2D eigenvalue weighted by Crippen LogP contribution is 2.59. The second-order valence-electron chi connectivity index (χ2n) is 27.0. The van der Waals surface area contributed by atoms with Crippen molar-refractivity contribution in [3.63, 3.8) is 0 Å². The van der Waals surface area contributed by atoms with Crippen LogP contribution in [0.5, 0.6) is 34.5 Å². The third kappa shape index (κ3) is 14.3. The molecule has 0 spiro atoms. The van der Waals surface area contributed by atoms with Gasteiger partial charge < -0.3 is 46.2 Å². The van der Waals surface area contributed by atoms with E-state index in [-0.39, 0.29) is 17.4 Å². The van der Waals surface area contributed by atoms with Gasteiger partial charge in [-0.3, -0.25) is 0 Å². The average Bonchev–Trinajstić information content (AvgIpc) is 1.20. The Morgan fingerprint density at radius 1 is 0.406 bits per heavy atom. The quantitative estimate of drug-likeness (QED) is 0.0817. The van der Waals surface area contributed by atoms with Crippen LogP contribution in [-0.2, 0) is 4.74 Å². The molecule has 1 saturated heterocycles. The Balaban J connectivity index is 0.000000172. The Morgan fingerprint density at radius 3 is 1.20 bits per heavy atom. The molecular formula is C91H81NO10P4. The summed E-state index contributed by atoms with van der Waals surface area (Å²) in [6.07, 6.45) is -0.331.